The average molecular weight is 264 g/mol. The molecule has 0 amide bonds. The van der Waals surface area contributed by atoms with E-state index in [0.29, 0.717) is 19.4 Å². The normalized spacial score (nSPS) is 28.1. The van der Waals surface area contributed by atoms with Crippen LogP contribution in [0.15, 0.2) is 0 Å². The highest BCUT2D eigenvalue weighted by Crippen LogP contribution is 2.36. The second kappa shape index (κ2) is 6.43. The lowest BCUT2D eigenvalue weighted by atomic mass is 9.85. The maximum atomic E-state index is 12.2. The minimum absolute atomic E-state index is 0.0186. The summed E-state index contributed by atoms with van der Waals surface area (Å²) >= 11 is 0. The highest BCUT2D eigenvalue weighted by atomic mass is 19.3. The topological polar surface area (TPSA) is 55.6 Å². The molecular formula is C12H22F2N2O2. The molecule has 0 aromatic heterocycles. The van der Waals surface area contributed by atoms with Crippen molar-refractivity contribution >= 4 is 5.97 Å². The Kier molecular flexibility index (Phi) is 5.47. The van der Waals surface area contributed by atoms with Gasteiger partial charge in [-0.05, 0) is 38.8 Å². The van der Waals surface area contributed by atoms with Crippen LogP contribution in [0.25, 0.3) is 0 Å². The third-order valence-corrected chi connectivity index (χ3v) is 3.75. The van der Waals surface area contributed by atoms with Crippen molar-refractivity contribution in [3.05, 3.63) is 0 Å². The first-order chi connectivity index (χ1) is 8.40. The molecule has 6 heteroatoms. The molecule has 1 aliphatic carbocycles. The number of rotatable bonds is 6. The predicted molar refractivity (Wildman–Crippen MR) is 64.4 cm³/mol. The standard InChI is InChI=1S/C12H22F2N2O2/c1-16(8-10(13)14)7-5-9-4-3-6-12(9,15)11(17)18-2/h9-10H,3-8,15H2,1-2H3. The van der Waals surface area contributed by atoms with Gasteiger partial charge in [0.25, 0.3) is 6.43 Å². The lowest BCUT2D eigenvalue weighted by molar-refractivity contribution is -0.148. The van der Waals surface area contributed by atoms with E-state index in [1.807, 2.05) is 0 Å². The zero-order chi connectivity index (χ0) is 13.8. The number of carbonyl (C=O) groups excluding carboxylic acids is 1. The monoisotopic (exact) mass is 264 g/mol. The van der Waals surface area contributed by atoms with Gasteiger partial charge in [0.2, 0.25) is 0 Å². The number of nitrogens with two attached hydrogens (primary N) is 1. The van der Waals surface area contributed by atoms with Crippen LogP contribution in [-0.4, -0.2) is 50.1 Å². The number of hydrogen-bond donors (Lipinski definition) is 1. The van der Waals surface area contributed by atoms with Crippen LogP contribution in [0.3, 0.4) is 0 Å². The van der Waals surface area contributed by atoms with E-state index in [2.05, 4.69) is 0 Å². The molecule has 0 saturated heterocycles. The molecule has 1 aliphatic rings. The van der Waals surface area contributed by atoms with Gasteiger partial charge in [0.1, 0.15) is 5.54 Å². The first-order valence-electron chi connectivity index (χ1n) is 6.24. The summed E-state index contributed by atoms with van der Waals surface area (Å²) in [5, 5.41) is 0. The van der Waals surface area contributed by atoms with Crippen LogP contribution in [0.5, 0.6) is 0 Å². The third-order valence-electron chi connectivity index (χ3n) is 3.75. The van der Waals surface area contributed by atoms with Gasteiger partial charge in [0.05, 0.1) is 13.7 Å². The lowest BCUT2D eigenvalue weighted by Gasteiger charge is -2.29. The smallest absolute Gasteiger partial charge is 0.326 e. The highest BCUT2D eigenvalue weighted by molar-refractivity contribution is 5.81. The van der Waals surface area contributed by atoms with Crippen molar-refractivity contribution in [2.75, 3.05) is 27.2 Å². The summed E-state index contributed by atoms with van der Waals surface area (Å²) in [6, 6.07) is 0. The van der Waals surface area contributed by atoms with Crippen LogP contribution in [0, 0.1) is 5.92 Å². The molecule has 2 N–H and O–H groups in total. The zero-order valence-corrected chi connectivity index (χ0v) is 11.0. The molecule has 0 spiro atoms. The molecule has 2 unspecified atom stereocenters. The molecule has 1 saturated carbocycles. The van der Waals surface area contributed by atoms with E-state index < -0.39 is 12.0 Å². The Hall–Kier alpha value is -0.750. The van der Waals surface area contributed by atoms with Gasteiger partial charge in [-0.1, -0.05) is 6.42 Å². The number of hydrogen-bond acceptors (Lipinski definition) is 4. The Bertz CT molecular complexity index is 289. The molecule has 0 aromatic carbocycles. The molecule has 1 fully saturated rings. The summed E-state index contributed by atoms with van der Waals surface area (Å²) in [5.41, 5.74) is 5.17. The number of nitrogens with zero attached hydrogens (tertiary/aromatic N) is 1. The van der Waals surface area contributed by atoms with Crippen molar-refractivity contribution in [3.63, 3.8) is 0 Å². The maximum absolute atomic E-state index is 12.2. The van der Waals surface area contributed by atoms with Gasteiger partial charge in [-0.3, -0.25) is 4.79 Å². The Balaban J connectivity index is 2.48. The van der Waals surface area contributed by atoms with Crippen LogP contribution >= 0.6 is 0 Å². The van der Waals surface area contributed by atoms with Crippen LogP contribution in [0.2, 0.25) is 0 Å². The average Bonchev–Trinajstić information content (AvgIpc) is 2.67. The molecule has 2 atom stereocenters. The molecule has 4 nitrogen and oxygen atoms in total. The Morgan fingerprint density at radius 3 is 2.83 bits per heavy atom. The van der Waals surface area contributed by atoms with Crippen molar-refractivity contribution in [3.8, 4) is 0 Å². The fourth-order valence-corrected chi connectivity index (χ4v) is 2.67. The number of alkyl halides is 2. The van der Waals surface area contributed by atoms with Gasteiger partial charge in [0.15, 0.2) is 0 Å². The van der Waals surface area contributed by atoms with Crippen LogP contribution in [0.1, 0.15) is 25.7 Å². The van der Waals surface area contributed by atoms with Gasteiger partial charge in [-0.15, -0.1) is 0 Å². The van der Waals surface area contributed by atoms with Gasteiger partial charge in [-0.25, -0.2) is 8.78 Å². The summed E-state index contributed by atoms with van der Waals surface area (Å²) < 4.78 is 29.1. The van der Waals surface area contributed by atoms with Gasteiger partial charge >= 0.3 is 5.97 Å². The quantitative estimate of drug-likeness (QED) is 0.733. The van der Waals surface area contributed by atoms with Crippen LogP contribution < -0.4 is 5.73 Å². The van der Waals surface area contributed by atoms with Crippen molar-refractivity contribution in [1.82, 2.24) is 4.90 Å². The number of ether oxygens (including phenoxy) is 1. The van der Waals surface area contributed by atoms with Crippen molar-refractivity contribution in [2.24, 2.45) is 11.7 Å². The molecule has 106 valence electrons. The summed E-state index contributed by atoms with van der Waals surface area (Å²) in [4.78, 5) is 13.3. The number of methoxy groups -OCH3 is 1. The number of carbonyl (C=O) groups is 1. The molecule has 0 radical (unpaired) electrons. The number of esters is 1. The highest BCUT2D eigenvalue weighted by Gasteiger charge is 2.46. The Labute approximate surface area is 106 Å². The zero-order valence-electron chi connectivity index (χ0n) is 11.0. The Morgan fingerprint density at radius 2 is 2.28 bits per heavy atom. The summed E-state index contributed by atoms with van der Waals surface area (Å²) in [6.45, 7) is 0.271. The molecule has 0 aliphatic heterocycles. The van der Waals surface area contributed by atoms with Crippen molar-refractivity contribution in [2.45, 2.75) is 37.6 Å². The second-order valence-corrected chi connectivity index (χ2v) is 5.06. The van der Waals surface area contributed by atoms with Gasteiger partial charge in [0, 0.05) is 0 Å². The molecule has 0 aromatic rings. The minimum Gasteiger partial charge on any atom is -0.468 e. The number of halogens is 2. The van der Waals surface area contributed by atoms with E-state index in [-0.39, 0.29) is 18.4 Å². The van der Waals surface area contributed by atoms with Gasteiger partial charge < -0.3 is 15.4 Å². The molecular weight excluding hydrogens is 242 g/mol. The Morgan fingerprint density at radius 1 is 1.61 bits per heavy atom. The van der Waals surface area contributed by atoms with E-state index in [1.54, 1.807) is 11.9 Å². The molecule has 1 rings (SSSR count). The van der Waals surface area contributed by atoms with E-state index in [0.717, 1.165) is 12.8 Å². The fraction of sp³-hybridized carbons (Fsp3) is 0.917. The van der Waals surface area contributed by atoms with E-state index in [4.69, 9.17) is 10.5 Å². The van der Waals surface area contributed by atoms with Crippen LogP contribution in [-0.2, 0) is 9.53 Å². The van der Waals surface area contributed by atoms with Crippen molar-refractivity contribution < 1.29 is 18.3 Å². The maximum Gasteiger partial charge on any atom is 0.326 e. The largest absolute Gasteiger partial charge is 0.468 e. The van der Waals surface area contributed by atoms with E-state index >= 15 is 0 Å². The second-order valence-electron chi connectivity index (χ2n) is 5.06. The summed E-state index contributed by atoms with van der Waals surface area (Å²) in [7, 11) is 2.98. The summed E-state index contributed by atoms with van der Waals surface area (Å²) in [6.07, 6.45) is 0.669. The van der Waals surface area contributed by atoms with Crippen LogP contribution in [0.4, 0.5) is 8.78 Å². The first-order valence-corrected chi connectivity index (χ1v) is 6.24. The third kappa shape index (κ3) is 3.62. The molecule has 18 heavy (non-hydrogen) atoms. The SMILES string of the molecule is COC(=O)C1(N)CCCC1CCN(C)CC(F)F. The lowest BCUT2D eigenvalue weighted by Crippen LogP contribution is -2.52. The minimum atomic E-state index is -2.33. The molecule has 0 heterocycles. The first kappa shape index (κ1) is 15.3. The van der Waals surface area contributed by atoms with E-state index in [1.165, 1.54) is 7.11 Å². The fourth-order valence-electron chi connectivity index (χ4n) is 2.67. The predicted octanol–water partition coefficient (Wildman–Crippen LogP) is 1.24. The van der Waals surface area contributed by atoms with Gasteiger partial charge in [-0.2, -0.15) is 0 Å². The van der Waals surface area contributed by atoms with E-state index in [9.17, 15) is 13.6 Å². The summed E-state index contributed by atoms with van der Waals surface area (Å²) in [5.74, 6) is -0.369. The van der Waals surface area contributed by atoms with Crippen molar-refractivity contribution in [1.29, 1.82) is 0 Å². The molecule has 0 bridgehead atoms.